The van der Waals surface area contributed by atoms with Crippen LogP contribution >= 0.6 is 15.9 Å². The highest BCUT2D eigenvalue weighted by atomic mass is 79.9. The Labute approximate surface area is 89.3 Å². The van der Waals surface area contributed by atoms with E-state index in [0.717, 1.165) is 24.8 Å². The van der Waals surface area contributed by atoms with Crippen molar-refractivity contribution in [3.63, 3.8) is 0 Å². The fourth-order valence-electron chi connectivity index (χ4n) is 0.929. The summed E-state index contributed by atoms with van der Waals surface area (Å²) < 4.78 is 21.5. The highest BCUT2D eigenvalue weighted by molar-refractivity contribution is 9.09. The molecule has 0 aliphatic carbocycles. The van der Waals surface area contributed by atoms with Crippen molar-refractivity contribution in [2.45, 2.75) is 19.3 Å². The highest BCUT2D eigenvalue weighted by Crippen LogP contribution is 1.92. The molecule has 0 aromatic rings. The van der Waals surface area contributed by atoms with Crippen molar-refractivity contribution < 1.29 is 8.42 Å². The maximum absolute atomic E-state index is 10.7. The van der Waals surface area contributed by atoms with Crippen LogP contribution in [0, 0.1) is 0 Å². The first-order valence-corrected chi connectivity index (χ1v) is 7.69. The van der Waals surface area contributed by atoms with Gasteiger partial charge in [-0.1, -0.05) is 15.9 Å². The topological polar surface area (TPSA) is 46.2 Å². The summed E-state index contributed by atoms with van der Waals surface area (Å²) in [6, 6.07) is 0. The Bertz CT molecular complexity index is 204. The van der Waals surface area contributed by atoms with E-state index in [9.17, 15) is 8.42 Å². The van der Waals surface area contributed by atoms with Gasteiger partial charge in [0.2, 0.25) is 0 Å². The lowest BCUT2D eigenvalue weighted by Gasteiger charge is -2.02. The van der Waals surface area contributed by atoms with Crippen molar-refractivity contribution in [2.75, 3.05) is 30.4 Å². The van der Waals surface area contributed by atoms with Crippen LogP contribution in [0.5, 0.6) is 0 Å². The predicted octanol–water partition coefficient (Wildman–Crippen LogP) is 1.19. The molecule has 80 valence electrons. The molecule has 0 aliphatic heterocycles. The van der Waals surface area contributed by atoms with Crippen molar-refractivity contribution in [2.24, 2.45) is 0 Å². The third-order valence-electron chi connectivity index (χ3n) is 1.61. The van der Waals surface area contributed by atoms with Gasteiger partial charge in [-0.25, -0.2) is 8.42 Å². The minimum absolute atomic E-state index is 0.290. The molecule has 1 N–H and O–H groups in total. The molecule has 0 radical (unpaired) electrons. The van der Waals surface area contributed by atoms with Crippen molar-refractivity contribution >= 4 is 25.8 Å². The largest absolute Gasteiger partial charge is 0.317 e. The molecule has 0 rings (SSSR count). The fraction of sp³-hybridized carbons (Fsp3) is 1.00. The van der Waals surface area contributed by atoms with Crippen molar-refractivity contribution in [1.82, 2.24) is 5.32 Å². The van der Waals surface area contributed by atoms with Crippen LogP contribution in [-0.4, -0.2) is 38.8 Å². The lowest BCUT2D eigenvalue weighted by Crippen LogP contribution is -2.19. The Morgan fingerprint density at radius 2 is 1.77 bits per heavy atom. The van der Waals surface area contributed by atoms with Crippen LogP contribution in [0.2, 0.25) is 0 Å². The molecule has 0 aromatic carbocycles. The van der Waals surface area contributed by atoms with Crippen LogP contribution in [0.15, 0.2) is 0 Å². The van der Waals surface area contributed by atoms with E-state index in [4.69, 9.17) is 0 Å². The van der Waals surface area contributed by atoms with Crippen molar-refractivity contribution in [3.05, 3.63) is 0 Å². The Balaban J connectivity index is 3.09. The lowest BCUT2D eigenvalue weighted by molar-refractivity contribution is 0.591. The van der Waals surface area contributed by atoms with Gasteiger partial charge in [-0.15, -0.1) is 0 Å². The standard InChI is InChI=1S/C8H18BrNO2S/c1-13(11,12)8-4-7-10-6-3-2-5-9/h10H,2-8H2,1H3. The molecule has 0 spiro atoms. The SMILES string of the molecule is CS(=O)(=O)CCCNCCCCBr. The summed E-state index contributed by atoms with van der Waals surface area (Å²) in [5.74, 6) is 0.290. The second-order valence-corrected chi connectivity index (χ2v) is 6.18. The first kappa shape index (κ1) is 13.4. The molecule has 0 fully saturated rings. The number of unbranched alkanes of at least 4 members (excludes halogenated alkanes) is 1. The van der Waals surface area contributed by atoms with Gasteiger partial charge in [0.15, 0.2) is 0 Å². The molecular formula is C8H18BrNO2S. The van der Waals surface area contributed by atoms with Gasteiger partial charge < -0.3 is 5.32 Å². The smallest absolute Gasteiger partial charge is 0.147 e. The van der Waals surface area contributed by atoms with Gasteiger partial charge in [0.25, 0.3) is 0 Å². The molecule has 0 amide bonds. The number of hydrogen-bond donors (Lipinski definition) is 1. The van der Waals surface area contributed by atoms with Crippen molar-refractivity contribution in [1.29, 1.82) is 0 Å². The van der Waals surface area contributed by atoms with Crippen LogP contribution in [0.25, 0.3) is 0 Å². The van der Waals surface area contributed by atoms with E-state index in [1.54, 1.807) is 0 Å². The maximum atomic E-state index is 10.7. The summed E-state index contributed by atoms with van der Waals surface area (Å²) in [5, 5.41) is 4.25. The van der Waals surface area contributed by atoms with Gasteiger partial charge in [-0.05, 0) is 32.4 Å². The van der Waals surface area contributed by atoms with E-state index in [-0.39, 0.29) is 0 Å². The second-order valence-electron chi connectivity index (χ2n) is 3.13. The van der Waals surface area contributed by atoms with Gasteiger partial charge >= 0.3 is 0 Å². The Kier molecular flexibility index (Phi) is 8.00. The zero-order valence-electron chi connectivity index (χ0n) is 8.05. The molecule has 5 heteroatoms. The molecule has 0 aliphatic rings. The van der Waals surface area contributed by atoms with E-state index in [2.05, 4.69) is 21.2 Å². The van der Waals surface area contributed by atoms with E-state index in [1.807, 2.05) is 0 Å². The van der Waals surface area contributed by atoms with Gasteiger partial charge in [0.05, 0.1) is 5.75 Å². The van der Waals surface area contributed by atoms with E-state index in [0.29, 0.717) is 12.2 Å². The zero-order valence-corrected chi connectivity index (χ0v) is 10.5. The Morgan fingerprint density at radius 3 is 2.31 bits per heavy atom. The van der Waals surface area contributed by atoms with Crippen LogP contribution in [-0.2, 0) is 9.84 Å². The Morgan fingerprint density at radius 1 is 1.15 bits per heavy atom. The van der Waals surface area contributed by atoms with Gasteiger partial charge in [0.1, 0.15) is 9.84 Å². The van der Waals surface area contributed by atoms with Crippen molar-refractivity contribution in [3.8, 4) is 0 Å². The fourth-order valence-corrected chi connectivity index (χ4v) is 1.99. The quantitative estimate of drug-likeness (QED) is 0.533. The predicted molar refractivity (Wildman–Crippen MR) is 60.2 cm³/mol. The monoisotopic (exact) mass is 271 g/mol. The first-order chi connectivity index (χ1) is 6.06. The highest BCUT2D eigenvalue weighted by Gasteiger charge is 1.99. The van der Waals surface area contributed by atoms with Gasteiger partial charge in [0, 0.05) is 11.6 Å². The number of halogens is 1. The third-order valence-corrected chi connectivity index (χ3v) is 3.20. The minimum atomic E-state index is -2.77. The molecule has 0 aromatic heterocycles. The zero-order chi connectivity index (χ0) is 10.2. The van der Waals surface area contributed by atoms with E-state index >= 15 is 0 Å². The molecule has 0 heterocycles. The molecule has 0 bridgehead atoms. The maximum Gasteiger partial charge on any atom is 0.147 e. The lowest BCUT2D eigenvalue weighted by atomic mass is 10.3. The normalized spacial score (nSPS) is 11.8. The van der Waals surface area contributed by atoms with Gasteiger partial charge in [-0.3, -0.25) is 0 Å². The molecule has 13 heavy (non-hydrogen) atoms. The Hall–Kier alpha value is 0.390. The molecule has 3 nitrogen and oxygen atoms in total. The molecule has 0 atom stereocenters. The average molecular weight is 272 g/mol. The number of nitrogens with one attached hydrogen (secondary N) is 1. The van der Waals surface area contributed by atoms with E-state index in [1.165, 1.54) is 12.7 Å². The number of sulfone groups is 1. The first-order valence-electron chi connectivity index (χ1n) is 4.50. The second kappa shape index (κ2) is 7.76. The number of alkyl halides is 1. The van der Waals surface area contributed by atoms with Crippen LogP contribution in [0.3, 0.4) is 0 Å². The van der Waals surface area contributed by atoms with E-state index < -0.39 is 9.84 Å². The molecule has 0 saturated heterocycles. The summed E-state index contributed by atoms with van der Waals surface area (Å²) >= 11 is 3.35. The minimum Gasteiger partial charge on any atom is -0.317 e. The summed E-state index contributed by atoms with van der Waals surface area (Å²) in [6.45, 7) is 1.78. The number of hydrogen-bond acceptors (Lipinski definition) is 3. The molecule has 0 unspecified atom stereocenters. The summed E-state index contributed by atoms with van der Waals surface area (Å²) in [5.41, 5.74) is 0. The summed E-state index contributed by atoms with van der Waals surface area (Å²) in [7, 11) is -2.77. The number of rotatable bonds is 8. The average Bonchev–Trinajstić information content (AvgIpc) is 2.01. The summed E-state index contributed by atoms with van der Waals surface area (Å²) in [6.07, 6.45) is 4.30. The van der Waals surface area contributed by atoms with Crippen LogP contribution < -0.4 is 5.32 Å². The third kappa shape index (κ3) is 12.4. The van der Waals surface area contributed by atoms with Crippen LogP contribution in [0.1, 0.15) is 19.3 Å². The van der Waals surface area contributed by atoms with Crippen LogP contribution in [0.4, 0.5) is 0 Å². The molecule has 0 saturated carbocycles. The summed E-state index contributed by atoms with van der Waals surface area (Å²) in [4.78, 5) is 0. The van der Waals surface area contributed by atoms with Gasteiger partial charge in [-0.2, -0.15) is 0 Å². The molecular weight excluding hydrogens is 254 g/mol.